The zero-order chi connectivity index (χ0) is 18.4. The molecule has 0 radical (unpaired) electrons. The van der Waals surface area contributed by atoms with Crippen LogP contribution in [0.3, 0.4) is 0 Å². The molecule has 1 fully saturated rings. The number of ether oxygens (including phenoxy) is 2. The highest BCUT2D eigenvalue weighted by molar-refractivity contribution is 9.10. The van der Waals surface area contributed by atoms with Crippen LogP contribution in [-0.2, 0) is 14.3 Å². The maximum absolute atomic E-state index is 13.0. The molecule has 1 saturated carbocycles. The molecule has 5 nitrogen and oxygen atoms in total. The summed E-state index contributed by atoms with van der Waals surface area (Å²) in [5.74, 6) is -0.610. The molecule has 3 atom stereocenters. The van der Waals surface area contributed by atoms with E-state index in [1.165, 1.54) is 31.5 Å². The summed E-state index contributed by atoms with van der Waals surface area (Å²) in [7, 11) is 0. The molecule has 2 rings (SSSR count). The summed E-state index contributed by atoms with van der Waals surface area (Å²) in [6, 6.07) is 4.01. The highest BCUT2D eigenvalue weighted by Crippen LogP contribution is 2.25. The number of nitrogens with one attached hydrogen (secondary N) is 1. The molecule has 0 aromatic heterocycles. The van der Waals surface area contributed by atoms with E-state index in [0.29, 0.717) is 16.1 Å². The van der Waals surface area contributed by atoms with E-state index in [1.54, 1.807) is 0 Å². The van der Waals surface area contributed by atoms with E-state index in [9.17, 15) is 14.0 Å². The van der Waals surface area contributed by atoms with Crippen LogP contribution in [-0.4, -0.2) is 30.6 Å². The Balaban J connectivity index is 1.77. The van der Waals surface area contributed by atoms with Crippen LogP contribution in [0.25, 0.3) is 0 Å². The Labute approximate surface area is 155 Å². The van der Waals surface area contributed by atoms with Crippen LogP contribution in [0.15, 0.2) is 22.7 Å². The molecule has 1 aromatic rings. The van der Waals surface area contributed by atoms with Crippen LogP contribution in [0.1, 0.15) is 39.5 Å². The lowest BCUT2D eigenvalue weighted by Gasteiger charge is -2.30. The highest BCUT2D eigenvalue weighted by Gasteiger charge is 2.26. The summed E-state index contributed by atoms with van der Waals surface area (Å²) in [4.78, 5) is 24.0. The fourth-order valence-electron chi connectivity index (χ4n) is 2.84. The number of rotatable bonds is 6. The Hall–Kier alpha value is -1.63. The fraction of sp³-hybridized carbons (Fsp3) is 0.556. The summed E-state index contributed by atoms with van der Waals surface area (Å²) in [5.41, 5.74) is 0. The fourth-order valence-corrected chi connectivity index (χ4v) is 3.31. The van der Waals surface area contributed by atoms with Crippen LogP contribution >= 0.6 is 15.9 Å². The minimum absolute atomic E-state index is 0.133. The van der Waals surface area contributed by atoms with Crippen LogP contribution in [0.5, 0.6) is 5.75 Å². The number of hydrogen-bond acceptors (Lipinski definition) is 4. The average molecular weight is 416 g/mol. The van der Waals surface area contributed by atoms with Crippen LogP contribution < -0.4 is 10.1 Å². The first-order chi connectivity index (χ1) is 11.9. The van der Waals surface area contributed by atoms with Crippen molar-refractivity contribution >= 4 is 27.8 Å². The maximum atomic E-state index is 13.0. The molecule has 25 heavy (non-hydrogen) atoms. The molecule has 1 aromatic carbocycles. The van der Waals surface area contributed by atoms with Crippen LogP contribution in [0.4, 0.5) is 4.39 Å². The molecular formula is C18H23BrFNO4. The van der Waals surface area contributed by atoms with Gasteiger partial charge in [0.25, 0.3) is 5.91 Å². The number of benzene rings is 1. The molecule has 138 valence electrons. The third-order valence-corrected chi connectivity index (χ3v) is 4.98. The minimum Gasteiger partial charge on any atom is -0.481 e. The van der Waals surface area contributed by atoms with E-state index in [1.807, 2.05) is 0 Å². The predicted octanol–water partition coefficient (Wildman–Crippen LogP) is 3.59. The zero-order valence-corrected chi connectivity index (χ0v) is 16.0. The standard InChI is InChI=1S/C18H23BrFNO4/c1-11-5-3-4-6-15(11)21-18(23)12(2)25-17(22)10-24-16-8-7-13(20)9-14(16)19/h7-9,11-12,15H,3-6,10H2,1-2H3,(H,21,23)/t11-,12-,15+/m1/s1. The lowest BCUT2D eigenvalue weighted by molar-refractivity contribution is -0.157. The van der Waals surface area contributed by atoms with E-state index in [2.05, 4.69) is 28.2 Å². The second-order valence-electron chi connectivity index (χ2n) is 6.37. The van der Waals surface area contributed by atoms with E-state index in [4.69, 9.17) is 9.47 Å². The normalized spacial score (nSPS) is 21.3. The third kappa shape index (κ3) is 5.99. The van der Waals surface area contributed by atoms with Gasteiger partial charge in [-0.25, -0.2) is 9.18 Å². The molecule has 0 heterocycles. The van der Waals surface area contributed by atoms with Gasteiger partial charge in [-0.15, -0.1) is 0 Å². The molecule has 0 bridgehead atoms. The van der Waals surface area contributed by atoms with E-state index in [0.717, 1.165) is 19.3 Å². The summed E-state index contributed by atoms with van der Waals surface area (Å²) >= 11 is 3.15. The number of halogens is 2. The Morgan fingerprint density at radius 1 is 1.36 bits per heavy atom. The van der Waals surface area contributed by atoms with E-state index < -0.39 is 17.9 Å². The maximum Gasteiger partial charge on any atom is 0.344 e. The molecule has 0 unspecified atom stereocenters. The molecule has 1 aliphatic carbocycles. The molecular weight excluding hydrogens is 393 g/mol. The van der Waals surface area contributed by atoms with Gasteiger partial charge in [-0.3, -0.25) is 4.79 Å². The first-order valence-electron chi connectivity index (χ1n) is 8.44. The number of esters is 1. The second kappa shape index (κ2) is 9.17. The average Bonchev–Trinajstić information content (AvgIpc) is 2.56. The van der Waals surface area contributed by atoms with Gasteiger partial charge in [-0.1, -0.05) is 19.8 Å². The summed E-state index contributed by atoms with van der Waals surface area (Å²) in [6.45, 7) is 3.30. The van der Waals surface area contributed by atoms with Crippen LogP contribution in [0.2, 0.25) is 0 Å². The zero-order valence-electron chi connectivity index (χ0n) is 14.4. The van der Waals surface area contributed by atoms with Gasteiger partial charge in [0.2, 0.25) is 0 Å². The van der Waals surface area contributed by atoms with Gasteiger partial charge < -0.3 is 14.8 Å². The van der Waals surface area contributed by atoms with Crippen molar-refractivity contribution in [3.05, 3.63) is 28.5 Å². The van der Waals surface area contributed by atoms with Gasteiger partial charge in [0, 0.05) is 6.04 Å². The molecule has 0 spiro atoms. The van der Waals surface area contributed by atoms with Gasteiger partial charge in [0.05, 0.1) is 4.47 Å². The molecule has 0 aliphatic heterocycles. The van der Waals surface area contributed by atoms with Gasteiger partial charge >= 0.3 is 5.97 Å². The summed E-state index contributed by atoms with van der Waals surface area (Å²) in [6.07, 6.45) is 3.45. The summed E-state index contributed by atoms with van der Waals surface area (Å²) < 4.78 is 23.8. The number of hydrogen-bond donors (Lipinski definition) is 1. The van der Waals surface area contributed by atoms with Crippen molar-refractivity contribution in [2.24, 2.45) is 5.92 Å². The molecule has 0 saturated heterocycles. The van der Waals surface area contributed by atoms with Crippen molar-refractivity contribution in [1.29, 1.82) is 0 Å². The van der Waals surface area contributed by atoms with Crippen molar-refractivity contribution in [3.63, 3.8) is 0 Å². The lowest BCUT2D eigenvalue weighted by Crippen LogP contribution is -2.46. The number of carbonyl (C=O) groups is 2. The molecule has 7 heteroatoms. The third-order valence-electron chi connectivity index (χ3n) is 4.36. The van der Waals surface area contributed by atoms with Crippen molar-refractivity contribution in [3.8, 4) is 5.75 Å². The molecule has 1 N–H and O–H groups in total. The molecule has 1 amide bonds. The quantitative estimate of drug-likeness (QED) is 0.720. The van der Waals surface area contributed by atoms with Gasteiger partial charge in [-0.2, -0.15) is 0 Å². The Kier molecular flexibility index (Phi) is 7.23. The van der Waals surface area contributed by atoms with Crippen molar-refractivity contribution in [1.82, 2.24) is 5.32 Å². The van der Waals surface area contributed by atoms with Crippen LogP contribution in [0, 0.1) is 11.7 Å². The first-order valence-corrected chi connectivity index (χ1v) is 9.24. The summed E-state index contributed by atoms with van der Waals surface area (Å²) in [5, 5.41) is 2.96. The largest absolute Gasteiger partial charge is 0.481 e. The Morgan fingerprint density at radius 2 is 2.08 bits per heavy atom. The topological polar surface area (TPSA) is 64.6 Å². The van der Waals surface area contributed by atoms with Gasteiger partial charge in [0.1, 0.15) is 11.6 Å². The highest BCUT2D eigenvalue weighted by atomic mass is 79.9. The van der Waals surface area contributed by atoms with Gasteiger partial charge in [0.15, 0.2) is 12.7 Å². The predicted molar refractivity (Wildman–Crippen MR) is 94.7 cm³/mol. The van der Waals surface area contributed by atoms with Gasteiger partial charge in [-0.05, 0) is 59.8 Å². The van der Waals surface area contributed by atoms with E-state index >= 15 is 0 Å². The van der Waals surface area contributed by atoms with Crippen molar-refractivity contribution in [2.45, 2.75) is 51.7 Å². The van der Waals surface area contributed by atoms with Crippen molar-refractivity contribution < 1.29 is 23.5 Å². The Bertz CT molecular complexity index is 625. The lowest BCUT2D eigenvalue weighted by atomic mass is 9.86. The molecule has 1 aliphatic rings. The SMILES string of the molecule is C[C@@H]1CCCC[C@@H]1NC(=O)[C@@H](C)OC(=O)COc1ccc(F)cc1Br. The first kappa shape index (κ1) is 19.7. The van der Waals surface area contributed by atoms with E-state index in [-0.39, 0.29) is 18.6 Å². The minimum atomic E-state index is -0.887. The van der Waals surface area contributed by atoms with Crippen molar-refractivity contribution in [2.75, 3.05) is 6.61 Å². The second-order valence-corrected chi connectivity index (χ2v) is 7.23. The number of carbonyl (C=O) groups excluding carboxylic acids is 2. The number of amides is 1. The smallest absolute Gasteiger partial charge is 0.344 e. The Morgan fingerprint density at radius 3 is 2.76 bits per heavy atom. The monoisotopic (exact) mass is 415 g/mol.